The van der Waals surface area contributed by atoms with Crippen molar-refractivity contribution < 1.29 is 14.7 Å². The average Bonchev–Trinajstić information content (AvgIpc) is 2.21. The third-order valence-corrected chi connectivity index (χ3v) is 5.78. The van der Waals surface area contributed by atoms with Gasteiger partial charge in [0.2, 0.25) is 5.91 Å². The Bertz CT molecular complexity index is 454. The highest BCUT2D eigenvalue weighted by molar-refractivity contribution is 5.96. The lowest BCUT2D eigenvalue weighted by Gasteiger charge is -2.65. The zero-order chi connectivity index (χ0) is 14.8. The maximum atomic E-state index is 12.2. The van der Waals surface area contributed by atoms with Crippen LogP contribution < -0.4 is 5.32 Å². The molecule has 1 amide bonds. The third kappa shape index (κ3) is 2.13. The molecular weight excluding hydrogens is 254 g/mol. The fourth-order valence-corrected chi connectivity index (χ4v) is 6.07. The summed E-state index contributed by atoms with van der Waals surface area (Å²) in [7, 11) is 0. The van der Waals surface area contributed by atoms with Crippen LogP contribution in [0.2, 0.25) is 0 Å². The van der Waals surface area contributed by atoms with Gasteiger partial charge in [-0.15, -0.1) is 0 Å². The summed E-state index contributed by atoms with van der Waals surface area (Å²) >= 11 is 0. The molecule has 4 nitrogen and oxygen atoms in total. The van der Waals surface area contributed by atoms with Crippen molar-refractivity contribution in [2.75, 3.05) is 0 Å². The minimum atomic E-state index is -1.04. The first-order chi connectivity index (χ1) is 9.14. The summed E-state index contributed by atoms with van der Waals surface area (Å²) in [5.41, 5.74) is 0.505. The van der Waals surface area contributed by atoms with E-state index in [4.69, 9.17) is 5.11 Å². The number of nitrogens with one attached hydrogen (secondary N) is 1. The van der Waals surface area contributed by atoms with Crippen LogP contribution in [0.15, 0.2) is 0 Å². The number of hydrogen-bond donors (Lipinski definition) is 2. The summed E-state index contributed by atoms with van der Waals surface area (Å²) in [5, 5.41) is 12.1. The van der Waals surface area contributed by atoms with Gasteiger partial charge in [-0.25, -0.2) is 0 Å². The number of carbonyl (C=O) groups is 2. The smallest absolute Gasteiger partial charge is 0.315 e. The Labute approximate surface area is 120 Å². The van der Waals surface area contributed by atoms with E-state index in [2.05, 4.69) is 19.2 Å². The molecule has 0 radical (unpaired) electrons. The standard InChI is InChI=1S/C16H25NO3/c1-10(13(19)20)12(18)17-16-6-11-4-14(2,8-16)7-15(3,5-11)9-16/h10-11H,4-9H2,1-3H3,(H,17,18)(H,19,20). The second-order valence-corrected chi connectivity index (χ2v) is 8.46. The maximum absolute atomic E-state index is 12.2. The molecule has 0 aliphatic heterocycles. The number of carbonyl (C=O) groups excluding carboxylic acids is 1. The van der Waals surface area contributed by atoms with Gasteiger partial charge in [0, 0.05) is 5.54 Å². The SMILES string of the molecule is CC(C(=O)O)C(=O)NC12CC3CC(C)(CC(C)(C3)C1)C2. The van der Waals surface area contributed by atoms with Crippen LogP contribution in [0.1, 0.15) is 59.3 Å². The molecule has 3 atom stereocenters. The van der Waals surface area contributed by atoms with E-state index in [0.29, 0.717) is 16.7 Å². The number of carboxylic acid groups (broad SMARTS) is 1. The summed E-state index contributed by atoms with van der Waals surface area (Å²) in [6.45, 7) is 6.16. The van der Waals surface area contributed by atoms with Gasteiger partial charge in [-0.2, -0.15) is 0 Å². The minimum absolute atomic E-state index is 0.149. The lowest BCUT2D eigenvalue weighted by Crippen LogP contribution is -2.65. The molecule has 4 saturated carbocycles. The van der Waals surface area contributed by atoms with Crippen molar-refractivity contribution in [3.05, 3.63) is 0 Å². The summed E-state index contributed by atoms with van der Waals surface area (Å²) in [6, 6.07) is 0. The van der Waals surface area contributed by atoms with Gasteiger partial charge in [0.1, 0.15) is 5.92 Å². The molecule has 4 aliphatic rings. The van der Waals surface area contributed by atoms with Crippen LogP contribution in [-0.2, 0) is 9.59 Å². The van der Waals surface area contributed by atoms with Gasteiger partial charge in [-0.05, 0) is 62.2 Å². The summed E-state index contributed by atoms with van der Waals surface area (Å²) in [6.07, 6.45) is 6.87. The molecule has 0 aromatic carbocycles. The van der Waals surface area contributed by atoms with Crippen LogP contribution in [0, 0.1) is 22.7 Å². The Kier molecular flexibility index (Phi) is 2.77. The van der Waals surface area contributed by atoms with Gasteiger partial charge >= 0.3 is 5.97 Å². The average molecular weight is 279 g/mol. The molecule has 0 aromatic heterocycles. The van der Waals surface area contributed by atoms with Crippen LogP contribution in [-0.4, -0.2) is 22.5 Å². The van der Waals surface area contributed by atoms with Crippen LogP contribution in [0.25, 0.3) is 0 Å². The molecule has 2 N–H and O–H groups in total. The van der Waals surface area contributed by atoms with E-state index in [1.165, 1.54) is 26.2 Å². The molecule has 20 heavy (non-hydrogen) atoms. The predicted molar refractivity (Wildman–Crippen MR) is 75.1 cm³/mol. The first-order valence-corrected chi connectivity index (χ1v) is 7.69. The molecule has 4 bridgehead atoms. The molecule has 4 aliphatic carbocycles. The summed E-state index contributed by atoms with van der Waals surface area (Å²) in [4.78, 5) is 23.2. The van der Waals surface area contributed by atoms with E-state index in [-0.39, 0.29) is 11.4 Å². The Morgan fingerprint density at radius 2 is 1.65 bits per heavy atom. The van der Waals surface area contributed by atoms with Gasteiger partial charge in [0.15, 0.2) is 0 Å². The van der Waals surface area contributed by atoms with Gasteiger partial charge < -0.3 is 10.4 Å². The van der Waals surface area contributed by atoms with Gasteiger partial charge in [0.05, 0.1) is 0 Å². The molecule has 3 unspecified atom stereocenters. The minimum Gasteiger partial charge on any atom is -0.481 e. The lowest BCUT2D eigenvalue weighted by atomic mass is 9.42. The molecule has 0 aromatic rings. The number of amides is 1. The zero-order valence-electron chi connectivity index (χ0n) is 12.7. The topological polar surface area (TPSA) is 66.4 Å². The Balaban J connectivity index is 1.82. The van der Waals surface area contributed by atoms with Crippen molar-refractivity contribution in [2.24, 2.45) is 22.7 Å². The Hall–Kier alpha value is -1.06. The largest absolute Gasteiger partial charge is 0.481 e. The monoisotopic (exact) mass is 279 g/mol. The normalized spacial score (nSPS) is 47.0. The maximum Gasteiger partial charge on any atom is 0.315 e. The quantitative estimate of drug-likeness (QED) is 0.780. The lowest BCUT2D eigenvalue weighted by molar-refractivity contribution is -0.151. The van der Waals surface area contributed by atoms with Crippen molar-refractivity contribution in [3.8, 4) is 0 Å². The van der Waals surface area contributed by atoms with E-state index in [1.807, 2.05) is 0 Å². The second-order valence-electron chi connectivity index (χ2n) is 8.46. The molecule has 112 valence electrons. The molecule has 0 heterocycles. The van der Waals surface area contributed by atoms with Crippen molar-refractivity contribution in [2.45, 2.75) is 64.8 Å². The third-order valence-electron chi connectivity index (χ3n) is 5.78. The highest BCUT2D eigenvalue weighted by Gasteiger charge is 2.60. The fourth-order valence-electron chi connectivity index (χ4n) is 6.07. The number of rotatable bonds is 3. The van der Waals surface area contributed by atoms with E-state index >= 15 is 0 Å². The van der Waals surface area contributed by atoms with Gasteiger partial charge in [-0.3, -0.25) is 9.59 Å². The first-order valence-electron chi connectivity index (χ1n) is 7.69. The Morgan fingerprint density at radius 1 is 1.10 bits per heavy atom. The summed E-state index contributed by atoms with van der Waals surface area (Å²) < 4.78 is 0. The zero-order valence-corrected chi connectivity index (χ0v) is 12.7. The number of hydrogen-bond acceptors (Lipinski definition) is 2. The van der Waals surface area contributed by atoms with Gasteiger partial charge in [0.25, 0.3) is 0 Å². The van der Waals surface area contributed by atoms with E-state index in [1.54, 1.807) is 0 Å². The molecule has 0 spiro atoms. The number of aliphatic carboxylic acids is 1. The van der Waals surface area contributed by atoms with E-state index in [9.17, 15) is 9.59 Å². The molecule has 4 rings (SSSR count). The second kappa shape index (κ2) is 3.99. The van der Waals surface area contributed by atoms with Crippen LogP contribution in [0.4, 0.5) is 0 Å². The van der Waals surface area contributed by atoms with Crippen LogP contribution in [0.3, 0.4) is 0 Å². The highest BCUT2D eigenvalue weighted by atomic mass is 16.4. The van der Waals surface area contributed by atoms with Gasteiger partial charge in [-0.1, -0.05) is 13.8 Å². The van der Waals surface area contributed by atoms with Crippen molar-refractivity contribution in [1.29, 1.82) is 0 Å². The van der Waals surface area contributed by atoms with Crippen molar-refractivity contribution in [3.63, 3.8) is 0 Å². The van der Waals surface area contributed by atoms with Crippen LogP contribution >= 0.6 is 0 Å². The highest BCUT2D eigenvalue weighted by Crippen LogP contribution is 2.66. The number of carboxylic acids is 1. The molecule has 0 saturated heterocycles. The van der Waals surface area contributed by atoms with Crippen molar-refractivity contribution in [1.82, 2.24) is 5.32 Å². The fraction of sp³-hybridized carbons (Fsp3) is 0.875. The van der Waals surface area contributed by atoms with E-state index < -0.39 is 11.9 Å². The van der Waals surface area contributed by atoms with Crippen LogP contribution in [0.5, 0.6) is 0 Å². The summed E-state index contributed by atoms with van der Waals surface area (Å²) in [5.74, 6) is -1.61. The first kappa shape index (κ1) is 13.9. The predicted octanol–water partition coefficient (Wildman–Crippen LogP) is 2.57. The molecular formula is C16H25NO3. The van der Waals surface area contributed by atoms with Crippen molar-refractivity contribution >= 4 is 11.9 Å². The van der Waals surface area contributed by atoms with E-state index in [0.717, 1.165) is 19.3 Å². The Morgan fingerprint density at radius 3 is 2.10 bits per heavy atom. The molecule has 4 heteroatoms. The molecule has 4 fully saturated rings.